The summed E-state index contributed by atoms with van der Waals surface area (Å²) in [7, 11) is 0. The summed E-state index contributed by atoms with van der Waals surface area (Å²) >= 11 is 1.71. The number of carboxylic acids is 1. The van der Waals surface area contributed by atoms with Gasteiger partial charge in [0, 0.05) is 28.9 Å². The van der Waals surface area contributed by atoms with Crippen LogP contribution in [0.3, 0.4) is 0 Å². The predicted octanol–water partition coefficient (Wildman–Crippen LogP) is 6.23. The van der Waals surface area contributed by atoms with Crippen molar-refractivity contribution in [2.75, 3.05) is 13.1 Å². The zero-order valence-corrected chi connectivity index (χ0v) is 18.3. The number of fused-ring (bicyclic) bond motifs is 1. The number of hydrogen-bond acceptors (Lipinski definition) is 4. The van der Waals surface area contributed by atoms with E-state index in [-0.39, 0.29) is 5.76 Å². The minimum absolute atomic E-state index is 0.0159. The highest BCUT2D eigenvalue weighted by molar-refractivity contribution is 7.97. The monoisotopic (exact) mass is 431 g/mol. The summed E-state index contributed by atoms with van der Waals surface area (Å²) in [4.78, 5) is 12.5. The molecule has 0 saturated carbocycles. The van der Waals surface area contributed by atoms with Gasteiger partial charge in [-0.3, -0.25) is 0 Å². The SMILES string of the molecule is Cc1c(C(=O)O)oc2ccc(SN(CCc3ccccc3)CCc3ccccc3)cc12. The average Bonchev–Trinajstić information content (AvgIpc) is 3.13. The van der Waals surface area contributed by atoms with Gasteiger partial charge in [0.05, 0.1) is 0 Å². The van der Waals surface area contributed by atoms with Crippen molar-refractivity contribution in [3.63, 3.8) is 0 Å². The third-order valence-corrected chi connectivity index (χ3v) is 6.41. The molecule has 158 valence electrons. The van der Waals surface area contributed by atoms with Gasteiger partial charge >= 0.3 is 5.97 Å². The highest BCUT2D eigenvalue weighted by atomic mass is 32.2. The van der Waals surface area contributed by atoms with Crippen molar-refractivity contribution in [3.05, 3.63) is 101 Å². The molecule has 31 heavy (non-hydrogen) atoms. The van der Waals surface area contributed by atoms with Crippen LogP contribution in [0.25, 0.3) is 11.0 Å². The maximum absolute atomic E-state index is 11.4. The summed E-state index contributed by atoms with van der Waals surface area (Å²) in [6.07, 6.45) is 1.94. The van der Waals surface area contributed by atoms with Gasteiger partial charge < -0.3 is 9.52 Å². The smallest absolute Gasteiger partial charge is 0.372 e. The van der Waals surface area contributed by atoms with Crippen molar-refractivity contribution < 1.29 is 14.3 Å². The van der Waals surface area contributed by atoms with Crippen LogP contribution >= 0.6 is 11.9 Å². The second-order valence-electron chi connectivity index (χ2n) is 7.51. The largest absolute Gasteiger partial charge is 0.475 e. The Bertz CT molecular complexity index is 1110. The van der Waals surface area contributed by atoms with E-state index in [0.29, 0.717) is 11.1 Å². The van der Waals surface area contributed by atoms with Gasteiger partial charge in [-0.05, 0) is 61.0 Å². The number of carbonyl (C=O) groups is 1. The van der Waals surface area contributed by atoms with Gasteiger partial charge in [-0.2, -0.15) is 0 Å². The van der Waals surface area contributed by atoms with Crippen molar-refractivity contribution in [1.82, 2.24) is 4.31 Å². The summed E-state index contributed by atoms with van der Waals surface area (Å²) in [5.74, 6) is -1.02. The number of aryl methyl sites for hydroxylation is 1. The lowest BCUT2D eigenvalue weighted by molar-refractivity contribution is 0.0664. The third kappa shape index (κ3) is 5.37. The normalized spacial score (nSPS) is 11.3. The first kappa shape index (κ1) is 21.2. The lowest BCUT2D eigenvalue weighted by Crippen LogP contribution is -2.21. The Hall–Kier alpha value is -3.02. The van der Waals surface area contributed by atoms with E-state index in [1.54, 1.807) is 18.9 Å². The van der Waals surface area contributed by atoms with E-state index in [0.717, 1.165) is 36.2 Å². The maximum atomic E-state index is 11.4. The number of rotatable bonds is 9. The summed E-state index contributed by atoms with van der Waals surface area (Å²) < 4.78 is 7.89. The highest BCUT2D eigenvalue weighted by Crippen LogP contribution is 2.31. The molecule has 5 heteroatoms. The molecule has 0 amide bonds. The van der Waals surface area contributed by atoms with Gasteiger partial charge in [0.25, 0.3) is 0 Å². The van der Waals surface area contributed by atoms with Crippen molar-refractivity contribution in [1.29, 1.82) is 0 Å². The fourth-order valence-corrected chi connectivity index (χ4v) is 4.57. The van der Waals surface area contributed by atoms with E-state index in [1.165, 1.54) is 11.1 Å². The summed E-state index contributed by atoms with van der Waals surface area (Å²) in [6, 6.07) is 26.9. The van der Waals surface area contributed by atoms with Crippen LogP contribution in [0.4, 0.5) is 0 Å². The first-order valence-corrected chi connectivity index (χ1v) is 11.1. The molecule has 0 unspecified atom stereocenters. The van der Waals surface area contributed by atoms with E-state index >= 15 is 0 Å². The molecule has 0 spiro atoms. The molecule has 3 aromatic carbocycles. The van der Waals surface area contributed by atoms with Gasteiger partial charge in [0.1, 0.15) is 5.58 Å². The Morgan fingerprint density at radius 1 is 0.903 bits per heavy atom. The van der Waals surface area contributed by atoms with Gasteiger partial charge in [-0.15, -0.1) is 0 Å². The molecule has 4 aromatic rings. The first-order valence-electron chi connectivity index (χ1n) is 10.4. The highest BCUT2D eigenvalue weighted by Gasteiger charge is 2.17. The number of hydrogen-bond donors (Lipinski definition) is 1. The van der Waals surface area contributed by atoms with Crippen molar-refractivity contribution in [2.45, 2.75) is 24.7 Å². The van der Waals surface area contributed by atoms with Gasteiger partial charge in [-0.25, -0.2) is 9.10 Å². The number of aromatic carboxylic acids is 1. The third-order valence-electron chi connectivity index (χ3n) is 5.32. The Morgan fingerprint density at radius 3 is 2.03 bits per heavy atom. The standard InChI is InChI=1S/C26H25NO3S/c1-19-23-18-22(12-13-24(23)30-25(19)26(28)29)31-27(16-14-20-8-4-2-5-9-20)17-15-21-10-6-3-7-11-21/h2-13,18H,14-17H2,1H3,(H,28,29). The number of nitrogens with zero attached hydrogens (tertiary/aromatic N) is 1. The zero-order valence-electron chi connectivity index (χ0n) is 17.5. The Kier molecular flexibility index (Phi) is 6.75. The van der Waals surface area contributed by atoms with Gasteiger partial charge in [-0.1, -0.05) is 60.7 Å². The molecule has 0 aliphatic heterocycles. The Labute approximate surface area is 186 Å². The van der Waals surface area contributed by atoms with Gasteiger partial charge in [0.2, 0.25) is 5.76 Å². The van der Waals surface area contributed by atoms with Crippen LogP contribution in [0.1, 0.15) is 27.2 Å². The average molecular weight is 432 g/mol. The van der Waals surface area contributed by atoms with Crippen LogP contribution in [-0.2, 0) is 12.8 Å². The molecule has 0 atom stereocenters. The molecule has 0 aliphatic carbocycles. The van der Waals surface area contributed by atoms with Crippen LogP contribution < -0.4 is 0 Å². The number of carboxylic acid groups (broad SMARTS) is 1. The van der Waals surface area contributed by atoms with E-state index < -0.39 is 5.97 Å². The minimum atomic E-state index is -1.03. The fraction of sp³-hybridized carbons (Fsp3) is 0.192. The molecule has 1 heterocycles. The molecule has 4 rings (SSSR count). The minimum Gasteiger partial charge on any atom is -0.475 e. The van der Waals surface area contributed by atoms with E-state index in [9.17, 15) is 9.90 Å². The molecule has 0 saturated heterocycles. The summed E-state index contributed by atoms with van der Waals surface area (Å²) in [6.45, 7) is 3.64. The molecule has 1 N–H and O–H groups in total. The second-order valence-corrected chi connectivity index (χ2v) is 8.68. The molecule has 4 nitrogen and oxygen atoms in total. The fourth-order valence-electron chi connectivity index (χ4n) is 3.61. The van der Waals surface area contributed by atoms with Crippen LogP contribution in [0.5, 0.6) is 0 Å². The lowest BCUT2D eigenvalue weighted by atomic mass is 10.1. The molecular weight excluding hydrogens is 406 g/mol. The van der Waals surface area contributed by atoms with Crippen LogP contribution in [0, 0.1) is 6.92 Å². The van der Waals surface area contributed by atoms with Crippen molar-refractivity contribution in [2.24, 2.45) is 0 Å². The molecule has 0 fully saturated rings. The lowest BCUT2D eigenvalue weighted by Gasteiger charge is -2.21. The molecular formula is C26H25NO3S. The van der Waals surface area contributed by atoms with Crippen LogP contribution in [-0.4, -0.2) is 28.5 Å². The number of furan rings is 1. The topological polar surface area (TPSA) is 53.7 Å². The second kappa shape index (κ2) is 9.86. The quantitative estimate of drug-likeness (QED) is 0.318. The van der Waals surface area contributed by atoms with Crippen molar-refractivity contribution in [3.8, 4) is 0 Å². The molecule has 1 aromatic heterocycles. The molecule has 0 aliphatic rings. The molecule has 0 radical (unpaired) electrons. The van der Waals surface area contributed by atoms with Crippen LogP contribution in [0.15, 0.2) is 88.2 Å². The van der Waals surface area contributed by atoms with Crippen molar-refractivity contribution >= 4 is 28.9 Å². The Morgan fingerprint density at radius 2 is 1.48 bits per heavy atom. The molecule has 0 bridgehead atoms. The summed E-state index contributed by atoms with van der Waals surface area (Å²) in [5.41, 5.74) is 3.92. The first-order chi connectivity index (χ1) is 15.1. The van der Waals surface area contributed by atoms with E-state index in [4.69, 9.17) is 4.42 Å². The van der Waals surface area contributed by atoms with Crippen LogP contribution in [0.2, 0.25) is 0 Å². The zero-order chi connectivity index (χ0) is 21.6. The Balaban J connectivity index is 1.52. The van der Waals surface area contributed by atoms with E-state index in [2.05, 4.69) is 52.8 Å². The van der Waals surface area contributed by atoms with Gasteiger partial charge in [0.15, 0.2) is 0 Å². The number of benzene rings is 3. The maximum Gasteiger partial charge on any atom is 0.372 e. The summed E-state index contributed by atoms with van der Waals surface area (Å²) in [5, 5.41) is 10.2. The van der Waals surface area contributed by atoms with E-state index in [1.807, 2.05) is 30.3 Å². The predicted molar refractivity (Wildman–Crippen MR) is 126 cm³/mol.